The topological polar surface area (TPSA) is 21.3 Å². The number of aryl methyl sites for hydroxylation is 1. The van der Waals surface area contributed by atoms with Crippen molar-refractivity contribution < 1.29 is 4.74 Å². The van der Waals surface area contributed by atoms with Crippen LogP contribution in [0.2, 0.25) is 5.02 Å². The van der Waals surface area contributed by atoms with Gasteiger partial charge < -0.3 is 10.1 Å². The lowest BCUT2D eigenvalue weighted by Crippen LogP contribution is -2.32. The van der Waals surface area contributed by atoms with Gasteiger partial charge in [-0.2, -0.15) is 0 Å². The fourth-order valence-electron chi connectivity index (χ4n) is 2.12. The van der Waals surface area contributed by atoms with Crippen LogP contribution in [0.3, 0.4) is 0 Å². The first kappa shape index (κ1) is 17.3. The summed E-state index contributed by atoms with van der Waals surface area (Å²) in [5, 5.41) is 4.34. The Morgan fingerprint density at radius 3 is 2.55 bits per heavy atom. The minimum absolute atomic E-state index is 0.276. The van der Waals surface area contributed by atoms with E-state index in [9.17, 15) is 0 Å². The maximum atomic E-state index is 6.29. The number of hydrogen-bond donors (Lipinski definition) is 1. The summed E-state index contributed by atoms with van der Waals surface area (Å²) in [5.41, 5.74) is 1.47. The highest BCUT2D eigenvalue weighted by Crippen LogP contribution is 2.27. The number of ether oxygens (including phenoxy) is 1. The van der Waals surface area contributed by atoms with Gasteiger partial charge in [-0.25, -0.2) is 0 Å². The second kappa shape index (κ2) is 7.90. The molecule has 0 bridgehead atoms. The maximum absolute atomic E-state index is 6.29. The van der Waals surface area contributed by atoms with E-state index in [1.165, 1.54) is 5.56 Å². The molecule has 0 amide bonds. The Morgan fingerprint density at radius 2 is 2.00 bits per heavy atom. The van der Waals surface area contributed by atoms with E-state index in [1.54, 1.807) is 7.11 Å². The molecule has 1 aromatic rings. The highest BCUT2D eigenvalue weighted by atomic mass is 35.5. The second-order valence-corrected chi connectivity index (χ2v) is 7.05. The summed E-state index contributed by atoms with van der Waals surface area (Å²) in [6.45, 7) is 11.2. The van der Waals surface area contributed by atoms with E-state index in [1.807, 2.05) is 12.1 Å². The van der Waals surface area contributed by atoms with Crippen LogP contribution in [0.1, 0.15) is 39.7 Å². The average molecular weight is 298 g/mol. The molecule has 0 fully saturated rings. The van der Waals surface area contributed by atoms with E-state index in [0.717, 1.165) is 36.7 Å². The zero-order chi connectivity index (χ0) is 15.2. The maximum Gasteiger partial charge on any atom is 0.120 e. The summed E-state index contributed by atoms with van der Waals surface area (Å²) < 4.78 is 5.18. The normalized spacial score (nSPS) is 11.9. The van der Waals surface area contributed by atoms with Gasteiger partial charge in [0, 0.05) is 11.6 Å². The Morgan fingerprint density at radius 1 is 1.30 bits per heavy atom. The van der Waals surface area contributed by atoms with Crippen molar-refractivity contribution in [2.24, 2.45) is 11.3 Å². The highest BCUT2D eigenvalue weighted by Gasteiger charge is 2.18. The molecule has 0 aliphatic rings. The van der Waals surface area contributed by atoms with Gasteiger partial charge >= 0.3 is 0 Å². The van der Waals surface area contributed by atoms with E-state index in [0.29, 0.717) is 5.92 Å². The molecule has 0 saturated heterocycles. The lowest BCUT2D eigenvalue weighted by molar-refractivity contribution is 0.308. The first-order valence-electron chi connectivity index (χ1n) is 7.37. The second-order valence-electron chi connectivity index (χ2n) is 6.65. The average Bonchev–Trinajstić information content (AvgIpc) is 2.36. The zero-order valence-corrected chi connectivity index (χ0v) is 14.2. The molecule has 0 heterocycles. The van der Waals surface area contributed by atoms with E-state index in [-0.39, 0.29) is 5.41 Å². The summed E-state index contributed by atoms with van der Waals surface area (Å²) >= 11 is 6.29. The van der Waals surface area contributed by atoms with E-state index in [4.69, 9.17) is 16.3 Å². The largest absolute Gasteiger partial charge is 0.497 e. The highest BCUT2D eigenvalue weighted by molar-refractivity contribution is 6.31. The molecule has 0 atom stereocenters. The fourth-order valence-corrected chi connectivity index (χ4v) is 2.38. The van der Waals surface area contributed by atoms with Gasteiger partial charge in [-0.3, -0.25) is 0 Å². The van der Waals surface area contributed by atoms with E-state index < -0.39 is 0 Å². The van der Waals surface area contributed by atoms with Crippen LogP contribution >= 0.6 is 11.6 Å². The Balaban J connectivity index is 2.48. The van der Waals surface area contributed by atoms with Crippen molar-refractivity contribution in [1.29, 1.82) is 0 Å². The molecule has 1 rings (SSSR count). The van der Waals surface area contributed by atoms with Gasteiger partial charge in [-0.1, -0.05) is 45.4 Å². The van der Waals surface area contributed by atoms with Crippen LogP contribution in [0.5, 0.6) is 5.75 Å². The monoisotopic (exact) mass is 297 g/mol. The molecule has 0 aliphatic carbocycles. The van der Waals surface area contributed by atoms with Crippen LogP contribution in [0, 0.1) is 11.3 Å². The number of methoxy groups -OCH3 is 1. The van der Waals surface area contributed by atoms with E-state index in [2.05, 4.69) is 39.1 Å². The molecule has 2 nitrogen and oxygen atoms in total. The molecule has 0 saturated carbocycles. The Kier molecular flexibility index (Phi) is 6.84. The van der Waals surface area contributed by atoms with Crippen molar-refractivity contribution in [2.45, 2.75) is 40.5 Å². The molecular formula is C17H28ClNO. The Labute approximate surface area is 128 Å². The lowest BCUT2D eigenvalue weighted by Gasteiger charge is -2.26. The SMILES string of the molecule is COc1ccc(CCC(C)(C)CNCC(C)C)c(Cl)c1. The predicted octanol–water partition coefficient (Wildman–Crippen LogP) is 4.55. The zero-order valence-electron chi connectivity index (χ0n) is 13.4. The first-order chi connectivity index (χ1) is 9.34. The fraction of sp³-hybridized carbons (Fsp3) is 0.647. The first-order valence-corrected chi connectivity index (χ1v) is 7.75. The molecule has 1 aromatic carbocycles. The van der Waals surface area contributed by atoms with Gasteiger partial charge in [0.1, 0.15) is 5.75 Å². The molecule has 0 spiro atoms. The number of nitrogens with one attached hydrogen (secondary N) is 1. The molecular weight excluding hydrogens is 270 g/mol. The number of benzene rings is 1. The quantitative estimate of drug-likeness (QED) is 0.760. The Hall–Kier alpha value is -0.730. The third-order valence-corrected chi connectivity index (χ3v) is 3.84. The number of hydrogen-bond acceptors (Lipinski definition) is 2. The van der Waals surface area contributed by atoms with Crippen molar-refractivity contribution in [3.63, 3.8) is 0 Å². The van der Waals surface area contributed by atoms with E-state index >= 15 is 0 Å². The summed E-state index contributed by atoms with van der Waals surface area (Å²) in [6, 6.07) is 5.94. The summed E-state index contributed by atoms with van der Waals surface area (Å²) in [4.78, 5) is 0. The summed E-state index contributed by atoms with van der Waals surface area (Å²) in [7, 11) is 1.66. The minimum atomic E-state index is 0.276. The van der Waals surface area contributed by atoms with Crippen LogP contribution < -0.4 is 10.1 Å². The number of halogens is 1. The third kappa shape index (κ3) is 6.15. The summed E-state index contributed by atoms with van der Waals surface area (Å²) in [5.74, 6) is 1.51. The van der Waals surface area contributed by atoms with Crippen LogP contribution in [-0.2, 0) is 6.42 Å². The molecule has 3 heteroatoms. The molecule has 20 heavy (non-hydrogen) atoms. The van der Waals surface area contributed by atoms with Crippen LogP contribution in [0.15, 0.2) is 18.2 Å². The van der Waals surface area contributed by atoms with Crippen molar-refractivity contribution >= 4 is 11.6 Å². The van der Waals surface area contributed by atoms with Gasteiger partial charge in [-0.05, 0) is 48.4 Å². The molecule has 0 aromatic heterocycles. The third-order valence-electron chi connectivity index (χ3n) is 3.49. The molecule has 1 N–H and O–H groups in total. The molecule has 114 valence electrons. The van der Waals surface area contributed by atoms with Crippen molar-refractivity contribution in [1.82, 2.24) is 5.32 Å². The van der Waals surface area contributed by atoms with Gasteiger partial charge in [0.15, 0.2) is 0 Å². The van der Waals surface area contributed by atoms with Crippen molar-refractivity contribution in [3.8, 4) is 5.75 Å². The van der Waals surface area contributed by atoms with Crippen LogP contribution in [0.4, 0.5) is 0 Å². The van der Waals surface area contributed by atoms with Crippen molar-refractivity contribution in [3.05, 3.63) is 28.8 Å². The Bertz CT molecular complexity index is 415. The standard InChI is InChI=1S/C17H28ClNO/c1-13(2)11-19-12-17(3,4)9-8-14-6-7-15(20-5)10-16(14)18/h6-7,10,13,19H,8-9,11-12H2,1-5H3. The van der Waals surface area contributed by atoms with Gasteiger partial charge in [0.05, 0.1) is 7.11 Å². The number of rotatable bonds is 8. The summed E-state index contributed by atoms with van der Waals surface area (Å²) in [6.07, 6.45) is 2.11. The molecule has 0 unspecified atom stereocenters. The predicted molar refractivity (Wildman–Crippen MR) is 87.8 cm³/mol. The van der Waals surface area contributed by atoms with Crippen LogP contribution in [-0.4, -0.2) is 20.2 Å². The van der Waals surface area contributed by atoms with Gasteiger partial charge in [-0.15, -0.1) is 0 Å². The van der Waals surface area contributed by atoms with Gasteiger partial charge in [0.2, 0.25) is 0 Å². The smallest absolute Gasteiger partial charge is 0.120 e. The molecule has 0 aliphatic heterocycles. The lowest BCUT2D eigenvalue weighted by atomic mass is 9.86. The van der Waals surface area contributed by atoms with Gasteiger partial charge in [0.25, 0.3) is 0 Å². The minimum Gasteiger partial charge on any atom is -0.497 e. The molecule has 0 radical (unpaired) electrons. The van der Waals surface area contributed by atoms with Crippen molar-refractivity contribution in [2.75, 3.05) is 20.2 Å². The van der Waals surface area contributed by atoms with Crippen LogP contribution in [0.25, 0.3) is 0 Å².